The lowest BCUT2D eigenvalue weighted by molar-refractivity contribution is -0.137. The number of piperidine rings is 1. The van der Waals surface area contributed by atoms with E-state index in [-0.39, 0.29) is 22.8 Å². The smallest absolute Gasteiger partial charge is 0.380 e. The molecule has 35 heavy (non-hydrogen) atoms. The Hall–Kier alpha value is -3.06. The van der Waals surface area contributed by atoms with Gasteiger partial charge in [-0.3, -0.25) is 4.79 Å². The van der Waals surface area contributed by atoms with E-state index < -0.39 is 11.7 Å². The van der Waals surface area contributed by atoms with Crippen LogP contribution in [-0.4, -0.2) is 59.8 Å². The van der Waals surface area contributed by atoms with Gasteiger partial charge in [0.1, 0.15) is 5.69 Å². The van der Waals surface area contributed by atoms with Crippen LogP contribution >= 0.6 is 0 Å². The lowest BCUT2D eigenvalue weighted by Crippen LogP contribution is -2.53. The van der Waals surface area contributed by atoms with E-state index in [9.17, 15) is 18.0 Å². The summed E-state index contributed by atoms with van der Waals surface area (Å²) in [5.41, 5.74) is -0.860. The number of nitriles is 1. The molecule has 3 aliphatic rings. The Kier molecular flexibility index (Phi) is 5.99. The minimum absolute atomic E-state index is 0.137. The number of hydrogen-bond donors (Lipinski definition) is 0. The summed E-state index contributed by atoms with van der Waals surface area (Å²) < 4.78 is 48.6. The number of amides is 1. The van der Waals surface area contributed by atoms with Crippen molar-refractivity contribution in [1.82, 2.24) is 14.5 Å². The number of carbonyl (C=O) groups is 1. The van der Waals surface area contributed by atoms with Crippen molar-refractivity contribution in [1.29, 1.82) is 5.26 Å². The van der Waals surface area contributed by atoms with Gasteiger partial charge in [-0.1, -0.05) is 0 Å². The number of imidazole rings is 1. The van der Waals surface area contributed by atoms with Crippen LogP contribution in [0.4, 0.5) is 18.9 Å². The summed E-state index contributed by atoms with van der Waals surface area (Å²) in [7, 11) is 1.81. The topological polar surface area (TPSA) is 74.4 Å². The van der Waals surface area contributed by atoms with Crippen molar-refractivity contribution in [2.45, 2.75) is 25.4 Å². The number of anilines is 1. The summed E-state index contributed by atoms with van der Waals surface area (Å²) in [6, 6.07) is 5.55. The molecule has 1 aromatic carbocycles. The first kappa shape index (κ1) is 23.7. The summed E-state index contributed by atoms with van der Waals surface area (Å²) in [6.45, 7) is 3.24. The molecular formula is C25H28F3N5O2. The second-order valence-electron chi connectivity index (χ2n) is 10.2. The van der Waals surface area contributed by atoms with Gasteiger partial charge >= 0.3 is 6.18 Å². The molecule has 3 fully saturated rings. The summed E-state index contributed by atoms with van der Waals surface area (Å²) in [6.07, 6.45) is 1.75. The lowest BCUT2D eigenvalue weighted by atomic mass is 9.74. The predicted octanol–water partition coefficient (Wildman–Crippen LogP) is 3.71. The summed E-state index contributed by atoms with van der Waals surface area (Å²) in [4.78, 5) is 21.1. The molecule has 0 bridgehead atoms. The van der Waals surface area contributed by atoms with Crippen LogP contribution in [0.3, 0.4) is 0 Å². The number of likely N-dealkylation sites (tertiary alicyclic amines) is 1. The molecule has 2 atom stereocenters. The van der Waals surface area contributed by atoms with Gasteiger partial charge in [-0.25, -0.2) is 4.98 Å². The molecule has 2 aliphatic heterocycles. The first-order valence-corrected chi connectivity index (χ1v) is 11.9. The molecule has 2 unspecified atom stereocenters. The fourth-order valence-electron chi connectivity index (χ4n) is 5.42. The van der Waals surface area contributed by atoms with Crippen molar-refractivity contribution in [2.24, 2.45) is 24.3 Å². The van der Waals surface area contributed by atoms with Gasteiger partial charge in [-0.05, 0) is 49.3 Å². The van der Waals surface area contributed by atoms with Crippen LogP contribution in [0.5, 0.6) is 0 Å². The van der Waals surface area contributed by atoms with Crippen LogP contribution in [0, 0.1) is 28.6 Å². The number of nitrogens with zero attached hydrogens (tertiary/aromatic N) is 5. The highest BCUT2D eigenvalue weighted by Crippen LogP contribution is 2.45. The average Bonchev–Trinajstić information content (AvgIpc) is 3.42. The van der Waals surface area contributed by atoms with Gasteiger partial charge < -0.3 is 19.1 Å². The Bertz CT molecular complexity index is 1150. The highest BCUT2D eigenvalue weighted by atomic mass is 19.4. The zero-order valence-electron chi connectivity index (χ0n) is 19.6. The van der Waals surface area contributed by atoms with Crippen LogP contribution in [0.15, 0.2) is 30.7 Å². The molecule has 0 spiro atoms. The summed E-state index contributed by atoms with van der Waals surface area (Å²) >= 11 is 0. The minimum atomic E-state index is -4.61. The molecule has 2 saturated heterocycles. The SMILES string of the molecule is Cn1cnc(C(=O)N2CCC3CN(c4ccc(C#N)c(C(F)(F)F)c4)CC3(COCC3CC3)C2)c1. The second-order valence-corrected chi connectivity index (χ2v) is 10.2. The van der Waals surface area contributed by atoms with E-state index >= 15 is 0 Å². The Balaban J connectivity index is 1.40. The van der Waals surface area contributed by atoms with Crippen molar-refractivity contribution in [2.75, 3.05) is 44.3 Å². The van der Waals surface area contributed by atoms with Crippen LogP contribution in [-0.2, 0) is 18.0 Å². The predicted molar refractivity (Wildman–Crippen MR) is 122 cm³/mol. The molecule has 0 radical (unpaired) electrons. The third kappa shape index (κ3) is 4.74. The van der Waals surface area contributed by atoms with E-state index in [1.165, 1.54) is 6.07 Å². The zero-order chi connectivity index (χ0) is 24.8. The number of halogens is 3. The zero-order valence-corrected chi connectivity index (χ0v) is 19.6. The number of hydrogen-bond acceptors (Lipinski definition) is 5. The van der Waals surface area contributed by atoms with Gasteiger partial charge in [-0.15, -0.1) is 0 Å². The molecule has 7 nitrogen and oxygen atoms in total. The fourth-order valence-corrected chi connectivity index (χ4v) is 5.42. The number of ether oxygens (including phenoxy) is 1. The average molecular weight is 488 g/mol. The Labute approximate surface area is 202 Å². The molecule has 1 aliphatic carbocycles. The van der Waals surface area contributed by atoms with Gasteiger partial charge in [0, 0.05) is 57.1 Å². The Morgan fingerprint density at radius 3 is 2.74 bits per heavy atom. The largest absolute Gasteiger partial charge is 0.417 e. The van der Waals surface area contributed by atoms with E-state index in [1.54, 1.807) is 29.2 Å². The number of alkyl halides is 3. The van der Waals surface area contributed by atoms with E-state index in [4.69, 9.17) is 10.00 Å². The van der Waals surface area contributed by atoms with Gasteiger partial charge in [0.25, 0.3) is 5.91 Å². The number of rotatable bonds is 6. The Morgan fingerprint density at radius 2 is 2.09 bits per heavy atom. The monoisotopic (exact) mass is 487 g/mol. The maximum absolute atomic E-state index is 13.6. The van der Waals surface area contributed by atoms with Crippen molar-refractivity contribution >= 4 is 11.6 Å². The molecule has 1 aromatic heterocycles. The van der Waals surface area contributed by atoms with Gasteiger partial charge in [0.05, 0.1) is 30.1 Å². The molecule has 1 amide bonds. The first-order valence-electron chi connectivity index (χ1n) is 11.9. The Morgan fingerprint density at radius 1 is 1.29 bits per heavy atom. The van der Waals surface area contributed by atoms with Crippen LogP contribution in [0.1, 0.15) is 40.9 Å². The van der Waals surface area contributed by atoms with E-state index in [1.807, 2.05) is 16.8 Å². The summed E-state index contributed by atoms with van der Waals surface area (Å²) in [5.74, 6) is 0.631. The van der Waals surface area contributed by atoms with Crippen LogP contribution in [0.25, 0.3) is 0 Å². The molecule has 2 aromatic rings. The van der Waals surface area contributed by atoms with E-state index in [0.717, 1.165) is 25.3 Å². The fraction of sp³-hybridized carbons (Fsp3) is 0.560. The highest BCUT2D eigenvalue weighted by molar-refractivity contribution is 5.92. The maximum Gasteiger partial charge on any atom is 0.417 e. The minimum Gasteiger partial charge on any atom is -0.380 e. The maximum atomic E-state index is 13.6. The van der Waals surface area contributed by atoms with Crippen molar-refractivity contribution in [3.63, 3.8) is 0 Å². The van der Waals surface area contributed by atoms with Gasteiger partial charge in [0.15, 0.2) is 0 Å². The molecular weight excluding hydrogens is 459 g/mol. The molecule has 5 rings (SSSR count). The van der Waals surface area contributed by atoms with E-state index in [2.05, 4.69) is 4.98 Å². The number of aromatic nitrogens is 2. The molecule has 0 N–H and O–H groups in total. The van der Waals surface area contributed by atoms with Crippen LogP contribution in [0.2, 0.25) is 0 Å². The van der Waals surface area contributed by atoms with Gasteiger partial charge in [-0.2, -0.15) is 18.4 Å². The molecule has 186 valence electrons. The summed E-state index contributed by atoms with van der Waals surface area (Å²) in [5, 5.41) is 9.15. The number of carbonyl (C=O) groups excluding carboxylic acids is 1. The third-order valence-corrected chi connectivity index (χ3v) is 7.51. The first-order chi connectivity index (χ1) is 16.7. The number of aryl methyl sites for hydroxylation is 1. The number of fused-ring (bicyclic) bond motifs is 1. The second kappa shape index (κ2) is 8.86. The van der Waals surface area contributed by atoms with E-state index in [0.29, 0.717) is 56.7 Å². The standard InChI is InChI=1S/C25H28F3N5O2/c1-31-11-22(30-16-31)23(34)32-7-6-19-10-33(14-24(19,13-32)15-35-12-17-2-3-17)20-5-4-18(9-29)21(8-20)25(26,27)28/h4-5,8,11,16-17,19H,2-3,6-7,10,12-15H2,1H3. The van der Waals surface area contributed by atoms with Gasteiger partial charge in [0.2, 0.25) is 0 Å². The van der Waals surface area contributed by atoms with Crippen molar-refractivity contribution in [3.05, 3.63) is 47.5 Å². The molecule has 3 heterocycles. The lowest BCUT2D eigenvalue weighted by Gasteiger charge is -2.43. The quantitative estimate of drug-likeness (QED) is 0.621. The third-order valence-electron chi connectivity index (χ3n) is 7.51. The van der Waals surface area contributed by atoms with Crippen molar-refractivity contribution in [3.8, 4) is 6.07 Å². The number of benzene rings is 1. The van der Waals surface area contributed by atoms with Crippen molar-refractivity contribution < 1.29 is 22.7 Å². The molecule has 10 heteroatoms. The van der Waals surface area contributed by atoms with Crippen LogP contribution < -0.4 is 4.90 Å². The highest BCUT2D eigenvalue weighted by Gasteiger charge is 2.51. The normalized spacial score (nSPS) is 24.4. The molecule has 1 saturated carbocycles.